The molecule has 1 aliphatic heterocycles. The first kappa shape index (κ1) is 26.8. The van der Waals surface area contributed by atoms with Crippen LogP contribution < -0.4 is 5.32 Å². The van der Waals surface area contributed by atoms with E-state index in [0.717, 1.165) is 12.0 Å². The molecule has 1 heterocycles. The van der Waals surface area contributed by atoms with Crippen LogP contribution in [0.3, 0.4) is 0 Å². The molecule has 4 atom stereocenters. The second-order valence-electron chi connectivity index (χ2n) is 9.17. The van der Waals surface area contributed by atoms with Crippen LogP contribution in [0.4, 0.5) is 0 Å². The van der Waals surface area contributed by atoms with Gasteiger partial charge in [-0.25, -0.2) is 4.79 Å². The number of esters is 1. The van der Waals surface area contributed by atoms with Gasteiger partial charge in [-0.15, -0.1) is 0 Å². The molecule has 1 saturated heterocycles. The summed E-state index contributed by atoms with van der Waals surface area (Å²) in [4.78, 5) is 40.3. The van der Waals surface area contributed by atoms with Crippen molar-refractivity contribution >= 4 is 17.8 Å². The van der Waals surface area contributed by atoms with Gasteiger partial charge in [-0.3, -0.25) is 9.59 Å². The number of carbonyl (C=O) groups is 3. The Kier molecular flexibility index (Phi) is 11.4. The van der Waals surface area contributed by atoms with E-state index in [0.29, 0.717) is 51.4 Å². The number of hydrogen-bond acceptors (Lipinski definition) is 5. The fourth-order valence-electron chi connectivity index (χ4n) is 4.34. The third-order valence-electron chi connectivity index (χ3n) is 6.38. The summed E-state index contributed by atoms with van der Waals surface area (Å²) in [6.07, 6.45) is 5.08. The molecule has 184 valence electrons. The third kappa shape index (κ3) is 8.80. The lowest BCUT2D eigenvalue weighted by atomic mass is 9.98. The van der Waals surface area contributed by atoms with Gasteiger partial charge >= 0.3 is 5.97 Å². The van der Waals surface area contributed by atoms with Crippen LogP contribution in [0.1, 0.15) is 70.8 Å². The number of aliphatic hydroxyl groups excluding tert-OH is 1. The van der Waals surface area contributed by atoms with Crippen molar-refractivity contribution in [3.05, 3.63) is 35.9 Å². The normalized spacial score (nSPS) is 26.5. The summed E-state index contributed by atoms with van der Waals surface area (Å²) >= 11 is 0. The van der Waals surface area contributed by atoms with Gasteiger partial charge in [0.05, 0.1) is 12.6 Å². The molecule has 0 spiro atoms. The highest BCUT2D eigenvalue weighted by Gasteiger charge is 2.32. The van der Waals surface area contributed by atoms with Gasteiger partial charge in [-0.05, 0) is 37.7 Å². The first-order valence-corrected chi connectivity index (χ1v) is 12.3. The Morgan fingerprint density at radius 2 is 1.82 bits per heavy atom. The molecule has 33 heavy (non-hydrogen) atoms. The van der Waals surface area contributed by atoms with Crippen molar-refractivity contribution in [2.24, 2.45) is 5.92 Å². The predicted molar refractivity (Wildman–Crippen MR) is 127 cm³/mol. The lowest BCUT2D eigenvalue weighted by molar-refractivity contribution is -0.160. The monoisotopic (exact) mass is 460 g/mol. The van der Waals surface area contributed by atoms with E-state index in [1.807, 2.05) is 44.2 Å². The third-order valence-corrected chi connectivity index (χ3v) is 6.38. The maximum absolute atomic E-state index is 13.3. The van der Waals surface area contributed by atoms with E-state index in [1.54, 1.807) is 11.9 Å². The zero-order chi connectivity index (χ0) is 24.2. The van der Waals surface area contributed by atoms with Crippen molar-refractivity contribution in [1.82, 2.24) is 10.2 Å². The maximum Gasteiger partial charge on any atom is 0.329 e. The summed E-state index contributed by atoms with van der Waals surface area (Å²) in [6, 6.07) is 8.65. The summed E-state index contributed by atoms with van der Waals surface area (Å²) in [5, 5.41) is 12.5. The highest BCUT2D eigenvalue weighted by molar-refractivity contribution is 5.85. The lowest BCUT2D eigenvalue weighted by Crippen LogP contribution is -2.47. The zero-order valence-corrected chi connectivity index (χ0v) is 20.3. The first-order chi connectivity index (χ1) is 15.8. The van der Waals surface area contributed by atoms with Gasteiger partial charge in [-0.1, -0.05) is 57.0 Å². The lowest BCUT2D eigenvalue weighted by Gasteiger charge is -2.31. The fourth-order valence-corrected chi connectivity index (χ4v) is 4.34. The number of hydrogen-bond donors (Lipinski definition) is 2. The molecule has 0 radical (unpaired) electrons. The van der Waals surface area contributed by atoms with Gasteiger partial charge in [0, 0.05) is 25.8 Å². The van der Waals surface area contributed by atoms with E-state index >= 15 is 0 Å². The van der Waals surface area contributed by atoms with Crippen molar-refractivity contribution < 1.29 is 24.2 Å². The number of nitrogens with one attached hydrogen (secondary N) is 1. The Bertz CT molecular complexity index is 754. The van der Waals surface area contributed by atoms with Crippen LogP contribution in [-0.4, -0.2) is 59.6 Å². The molecule has 2 N–H and O–H groups in total. The molecule has 0 saturated carbocycles. The molecular weight excluding hydrogens is 420 g/mol. The molecule has 1 fully saturated rings. The number of rotatable bonds is 5. The smallest absolute Gasteiger partial charge is 0.329 e. The SMILES string of the molecule is CCCC1CCCC(=O)N[C@@H](CO)CCCC(C)C(=O)N(C)[C@@H](Cc2ccccc2)C(=O)O1. The van der Waals surface area contributed by atoms with Gasteiger partial charge in [-0.2, -0.15) is 0 Å². The van der Waals surface area contributed by atoms with Crippen molar-refractivity contribution in [2.75, 3.05) is 13.7 Å². The standard InChI is InChI=1S/C26H40N2O5/c1-4-10-22-15-9-16-24(30)27-21(18-29)14-8-11-19(2)25(31)28(3)23(26(32)33-22)17-20-12-6-5-7-13-20/h5-7,12-13,19,21-23,29H,4,8-11,14-18H2,1-3H3,(H,27,30)/t19?,21-,22?,23+/m1/s1. The average molecular weight is 461 g/mol. The second kappa shape index (κ2) is 14.0. The highest BCUT2D eigenvalue weighted by Crippen LogP contribution is 2.20. The molecule has 0 aromatic heterocycles. The molecule has 2 rings (SSSR count). The number of ether oxygens (including phenoxy) is 1. The Balaban J connectivity index is 2.25. The van der Waals surface area contributed by atoms with E-state index in [1.165, 1.54) is 0 Å². The minimum Gasteiger partial charge on any atom is -0.461 e. The van der Waals surface area contributed by atoms with E-state index in [9.17, 15) is 19.5 Å². The Morgan fingerprint density at radius 3 is 2.48 bits per heavy atom. The number of cyclic esters (lactones) is 1. The van der Waals surface area contributed by atoms with Crippen LogP contribution in [0.25, 0.3) is 0 Å². The van der Waals surface area contributed by atoms with Crippen LogP contribution in [-0.2, 0) is 25.5 Å². The van der Waals surface area contributed by atoms with Gasteiger partial charge in [0.1, 0.15) is 12.1 Å². The topological polar surface area (TPSA) is 95.9 Å². The van der Waals surface area contributed by atoms with Crippen LogP contribution >= 0.6 is 0 Å². The van der Waals surface area contributed by atoms with Crippen LogP contribution in [0.5, 0.6) is 0 Å². The molecule has 0 aliphatic carbocycles. The van der Waals surface area contributed by atoms with E-state index in [4.69, 9.17) is 4.74 Å². The number of aliphatic hydroxyl groups is 1. The summed E-state index contributed by atoms with van der Waals surface area (Å²) in [6.45, 7) is 3.77. The molecule has 7 nitrogen and oxygen atoms in total. The van der Waals surface area contributed by atoms with Crippen LogP contribution in [0.15, 0.2) is 30.3 Å². The largest absolute Gasteiger partial charge is 0.461 e. The summed E-state index contributed by atoms with van der Waals surface area (Å²) in [7, 11) is 1.68. The molecule has 7 heteroatoms. The summed E-state index contributed by atoms with van der Waals surface area (Å²) in [5.41, 5.74) is 0.968. The molecule has 0 bridgehead atoms. The number of likely N-dealkylation sites (N-methyl/N-ethyl adjacent to an activating group) is 1. The minimum atomic E-state index is -0.705. The maximum atomic E-state index is 13.3. The van der Waals surface area contributed by atoms with E-state index in [-0.39, 0.29) is 36.5 Å². The van der Waals surface area contributed by atoms with Gasteiger partial charge < -0.3 is 20.1 Å². The van der Waals surface area contributed by atoms with E-state index in [2.05, 4.69) is 5.32 Å². The average Bonchev–Trinajstić information content (AvgIpc) is 2.80. The number of nitrogens with zero attached hydrogens (tertiary/aromatic N) is 1. The molecule has 2 amide bonds. The van der Waals surface area contributed by atoms with Gasteiger partial charge in [0.2, 0.25) is 11.8 Å². The van der Waals surface area contributed by atoms with Crippen LogP contribution in [0.2, 0.25) is 0 Å². The Morgan fingerprint density at radius 1 is 1.09 bits per heavy atom. The number of amides is 2. The van der Waals surface area contributed by atoms with Crippen molar-refractivity contribution in [3.63, 3.8) is 0 Å². The van der Waals surface area contributed by atoms with E-state index < -0.39 is 12.0 Å². The second-order valence-corrected chi connectivity index (χ2v) is 9.17. The molecule has 2 unspecified atom stereocenters. The fraction of sp³-hybridized carbons (Fsp3) is 0.654. The van der Waals surface area contributed by atoms with Crippen molar-refractivity contribution in [2.45, 2.75) is 89.8 Å². The Labute approximate surface area is 197 Å². The summed E-state index contributed by atoms with van der Waals surface area (Å²) < 4.78 is 5.90. The van der Waals surface area contributed by atoms with Crippen molar-refractivity contribution in [1.29, 1.82) is 0 Å². The predicted octanol–water partition coefficient (Wildman–Crippen LogP) is 3.24. The zero-order valence-electron chi connectivity index (χ0n) is 20.3. The number of benzene rings is 1. The van der Waals surface area contributed by atoms with Gasteiger partial charge in [0.15, 0.2) is 0 Å². The first-order valence-electron chi connectivity index (χ1n) is 12.3. The van der Waals surface area contributed by atoms with Crippen molar-refractivity contribution in [3.8, 4) is 0 Å². The minimum absolute atomic E-state index is 0.100. The number of carbonyl (C=O) groups excluding carboxylic acids is 3. The highest BCUT2D eigenvalue weighted by atomic mass is 16.5. The Hall–Kier alpha value is -2.41. The molecular formula is C26H40N2O5. The van der Waals surface area contributed by atoms with Crippen LogP contribution in [0, 0.1) is 5.92 Å². The van der Waals surface area contributed by atoms with Gasteiger partial charge in [0.25, 0.3) is 0 Å². The molecule has 1 aliphatic rings. The quantitative estimate of drug-likeness (QED) is 0.658. The molecule has 1 aromatic rings. The summed E-state index contributed by atoms with van der Waals surface area (Å²) in [5.74, 6) is -0.877. The molecule has 1 aromatic carbocycles.